The van der Waals surface area contributed by atoms with Gasteiger partial charge < -0.3 is 4.42 Å². The Hall–Kier alpha value is -6.44. The summed E-state index contributed by atoms with van der Waals surface area (Å²) >= 11 is 0. The monoisotopic (exact) mass is 662 g/mol. The summed E-state index contributed by atoms with van der Waals surface area (Å²) in [7, 11) is 0. The molecule has 0 saturated carbocycles. The maximum atomic E-state index is 6.77. The Labute approximate surface area is 302 Å². The van der Waals surface area contributed by atoms with Crippen LogP contribution in [0.15, 0.2) is 174 Å². The standard InChI is InChI=1S/C51H34O/c1-51(2)43-21-11-9-19-40(43)49-44(51)30-42(48-41-20-10-12-22-45(41)52-50(48)49)32-24-26-33(27-25-32)46-36-15-5-7-17-38(36)47(39-18-8-6-16-37(39)46)35-28-23-31-13-3-4-14-34(31)29-35/h3-30H,1-2H3. The Kier molecular flexibility index (Phi) is 6.08. The summed E-state index contributed by atoms with van der Waals surface area (Å²) in [5.41, 5.74) is 14.4. The molecule has 0 radical (unpaired) electrons. The number of rotatable bonds is 3. The van der Waals surface area contributed by atoms with Crippen molar-refractivity contribution in [3.8, 4) is 44.5 Å². The van der Waals surface area contributed by atoms with E-state index in [9.17, 15) is 0 Å². The van der Waals surface area contributed by atoms with Gasteiger partial charge in [-0.15, -0.1) is 0 Å². The van der Waals surface area contributed by atoms with E-state index in [1.165, 1.54) is 93.3 Å². The quantitative estimate of drug-likeness (QED) is 0.172. The molecule has 244 valence electrons. The van der Waals surface area contributed by atoms with Gasteiger partial charge in [0.25, 0.3) is 0 Å². The zero-order valence-electron chi connectivity index (χ0n) is 29.1. The molecule has 0 saturated heterocycles. The first-order chi connectivity index (χ1) is 25.6. The minimum atomic E-state index is -0.140. The van der Waals surface area contributed by atoms with Gasteiger partial charge in [0.1, 0.15) is 11.2 Å². The lowest BCUT2D eigenvalue weighted by molar-refractivity contribution is 0.653. The fourth-order valence-electron chi connectivity index (χ4n) is 9.19. The molecule has 0 amide bonds. The fourth-order valence-corrected chi connectivity index (χ4v) is 9.19. The van der Waals surface area contributed by atoms with Crippen molar-refractivity contribution in [2.45, 2.75) is 19.3 Å². The SMILES string of the molecule is CC1(C)c2ccccc2-c2c1cc(-c1ccc(-c3c4ccccc4c(-c4ccc5ccccc5c4)c4ccccc34)cc1)c1c2oc2ccccc21. The summed E-state index contributed by atoms with van der Waals surface area (Å²) in [5.74, 6) is 0. The van der Waals surface area contributed by atoms with Crippen molar-refractivity contribution in [3.63, 3.8) is 0 Å². The number of hydrogen-bond acceptors (Lipinski definition) is 1. The lowest BCUT2D eigenvalue weighted by Gasteiger charge is -2.22. The highest BCUT2D eigenvalue weighted by Crippen LogP contribution is 2.55. The molecule has 0 aliphatic heterocycles. The van der Waals surface area contributed by atoms with Gasteiger partial charge in [-0.1, -0.05) is 166 Å². The normalized spacial score (nSPS) is 13.3. The van der Waals surface area contributed by atoms with Crippen LogP contribution in [0.2, 0.25) is 0 Å². The topological polar surface area (TPSA) is 13.1 Å². The number of para-hydroxylation sites is 1. The van der Waals surface area contributed by atoms with Gasteiger partial charge in [0.15, 0.2) is 0 Å². The molecule has 1 heteroatoms. The van der Waals surface area contributed by atoms with Crippen LogP contribution in [0.1, 0.15) is 25.0 Å². The van der Waals surface area contributed by atoms with Crippen LogP contribution in [0.5, 0.6) is 0 Å². The van der Waals surface area contributed by atoms with Crippen LogP contribution >= 0.6 is 0 Å². The molecule has 1 nitrogen and oxygen atoms in total. The predicted octanol–water partition coefficient (Wildman–Crippen LogP) is 14.4. The van der Waals surface area contributed by atoms with Crippen LogP contribution in [0.3, 0.4) is 0 Å². The average Bonchev–Trinajstić information content (AvgIpc) is 3.69. The van der Waals surface area contributed by atoms with Crippen LogP contribution in [0.25, 0.3) is 98.8 Å². The van der Waals surface area contributed by atoms with Crippen molar-refractivity contribution in [1.29, 1.82) is 0 Å². The summed E-state index contributed by atoms with van der Waals surface area (Å²) in [6, 6.07) is 62.4. The molecular weight excluding hydrogens is 629 g/mol. The summed E-state index contributed by atoms with van der Waals surface area (Å²) in [6.07, 6.45) is 0. The van der Waals surface area contributed by atoms with Crippen LogP contribution in [0, 0.1) is 0 Å². The Morgan fingerprint density at radius 2 is 0.923 bits per heavy atom. The molecular formula is C51H34O. The molecule has 0 unspecified atom stereocenters. The van der Waals surface area contributed by atoms with Crippen molar-refractivity contribution < 1.29 is 4.42 Å². The van der Waals surface area contributed by atoms with Gasteiger partial charge in [0, 0.05) is 21.8 Å². The summed E-state index contributed by atoms with van der Waals surface area (Å²) in [6.45, 7) is 4.69. The summed E-state index contributed by atoms with van der Waals surface area (Å²) < 4.78 is 6.77. The van der Waals surface area contributed by atoms with Crippen LogP contribution in [-0.2, 0) is 5.41 Å². The zero-order chi connectivity index (χ0) is 34.6. The first kappa shape index (κ1) is 29.3. The van der Waals surface area contributed by atoms with E-state index in [0.717, 1.165) is 16.6 Å². The lowest BCUT2D eigenvalue weighted by atomic mass is 9.81. The van der Waals surface area contributed by atoms with Crippen molar-refractivity contribution in [3.05, 3.63) is 181 Å². The summed E-state index contributed by atoms with van der Waals surface area (Å²) in [4.78, 5) is 0. The van der Waals surface area contributed by atoms with Crippen LogP contribution < -0.4 is 0 Å². The van der Waals surface area contributed by atoms with Gasteiger partial charge in [-0.3, -0.25) is 0 Å². The van der Waals surface area contributed by atoms with E-state index in [1.54, 1.807) is 0 Å². The van der Waals surface area contributed by atoms with E-state index in [2.05, 4.69) is 184 Å². The molecule has 1 heterocycles. The van der Waals surface area contributed by atoms with E-state index < -0.39 is 0 Å². The van der Waals surface area contributed by atoms with Crippen molar-refractivity contribution in [1.82, 2.24) is 0 Å². The molecule has 0 fully saturated rings. The highest BCUT2D eigenvalue weighted by atomic mass is 16.3. The molecule has 0 bridgehead atoms. The van der Waals surface area contributed by atoms with Crippen molar-refractivity contribution in [2.24, 2.45) is 0 Å². The first-order valence-electron chi connectivity index (χ1n) is 18.2. The highest BCUT2D eigenvalue weighted by molar-refractivity contribution is 6.22. The number of hydrogen-bond donors (Lipinski definition) is 0. The maximum absolute atomic E-state index is 6.77. The highest BCUT2D eigenvalue weighted by Gasteiger charge is 2.38. The fraction of sp³-hybridized carbons (Fsp3) is 0.0588. The van der Waals surface area contributed by atoms with Gasteiger partial charge in [-0.2, -0.15) is 0 Å². The van der Waals surface area contributed by atoms with Gasteiger partial charge in [0.2, 0.25) is 0 Å². The van der Waals surface area contributed by atoms with Gasteiger partial charge in [-0.25, -0.2) is 0 Å². The number of fused-ring (bicyclic) bond motifs is 10. The minimum Gasteiger partial charge on any atom is -0.455 e. The maximum Gasteiger partial charge on any atom is 0.144 e. The number of furan rings is 1. The lowest BCUT2D eigenvalue weighted by Crippen LogP contribution is -2.15. The molecule has 1 aliphatic rings. The van der Waals surface area contributed by atoms with E-state index in [4.69, 9.17) is 4.42 Å². The van der Waals surface area contributed by atoms with Crippen molar-refractivity contribution in [2.75, 3.05) is 0 Å². The third-order valence-electron chi connectivity index (χ3n) is 11.6. The molecule has 10 aromatic rings. The molecule has 9 aromatic carbocycles. The van der Waals surface area contributed by atoms with Crippen molar-refractivity contribution >= 4 is 54.3 Å². The summed E-state index contributed by atoms with van der Waals surface area (Å²) in [5, 5.41) is 9.91. The predicted molar refractivity (Wildman–Crippen MR) is 220 cm³/mol. The third-order valence-corrected chi connectivity index (χ3v) is 11.6. The van der Waals surface area contributed by atoms with Crippen LogP contribution in [0.4, 0.5) is 0 Å². The second-order valence-electron chi connectivity index (χ2n) is 14.8. The Morgan fingerprint density at radius 1 is 0.385 bits per heavy atom. The molecule has 0 atom stereocenters. The van der Waals surface area contributed by atoms with Gasteiger partial charge in [-0.05, 0) is 101 Å². The third kappa shape index (κ3) is 4.05. The molecule has 1 aliphatic carbocycles. The second kappa shape index (κ2) is 10.8. The smallest absolute Gasteiger partial charge is 0.144 e. The molecule has 0 N–H and O–H groups in total. The zero-order valence-corrected chi connectivity index (χ0v) is 29.1. The first-order valence-corrected chi connectivity index (χ1v) is 18.2. The second-order valence-corrected chi connectivity index (χ2v) is 14.8. The largest absolute Gasteiger partial charge is 0.455 e. The van der Waals surface area contributed by atoms with Gasteiger partial charge in [0.05, 0.1) is 0 Å². The Balaban J connectivity index is 1.13. The Morgan fingerprint density at radius 3 is 1.63 bits per heavy atom. The average molecular weight is 663 g/mol. The molecule has 11 rings (SSSR count). The van der Waals surface area contributed by atoms with E-state index in [-0.39, 0.29) is 5.41 Å². The minimum absolute atomic E-state index is 0.140. The Bertz CT molecular complexity index is 3030. The van der Waals surface area contributed by atoms with E-state index in [0.29, 0.717) is 0 Å². The molecule has 0 spiro atoms. The van der Waals surface area contributed by atoms with Crippen LogP contribution in [-0.4, -0.2) is 0 Å². The molecule has 1 aromatic heterocycles. The molecule has 52 heavy (non-hydrogen) atoms. The van der Waals surface area contributed by atoms with E-state index >= 15 is 0 Å². The number of benzene rings is 9. The van der Waals surface area contributed by atoms with Gasteiger partial charge >= 0.3 is 0 Å². The van der Waals surface area contributed by atoms with E-state index in [1.807, 2.05) is 0 Å².